The second-order valence-corrected chi connectivity index (χ2v) is 7.36. The van der Waals surface area contributed by atoms with Crippen LogP contribution in [-0.4, -0.2) is 22.6 Å². The number of carbonyl (C=O) groups is 1. The Morgan fingerprint density at radius 2 is 1.75 bits per heavy atom. The zero-order valence-electron chi connectivity index (χ0n) is 15.5. The van der Waals surface area contributed by atoms with Gasteiger partial charge in [-0.3, -0.25) is 0 Å². The van der Waals surface area contributed by atoms with Gasteiger partial charge >= 0.3 is 5.97 Å². The van der Waals surface area contributed by atoms with E-state index in [9.17, 15) is 4.79 Å². The SMILES string of the molecule is COC(=O)c1ccccc1CSc1nccn1Cc1cccc2ccccc12. The number of nitrogens with zero attached hydrogens (tertiary/aromatic N) is 2. The second kappa shape index (κ2) is 8.31. The van der Waals surface area contributed by atoms with Crippen LogP contribution < -0.4 is 0 Å². The molecule has 4 aromatic rings. The molecule has 0 bridgehead atoms. The molecule has 140 valence electrons. The van der Waals surface area contributed by atoms with Crippen molar-refractivity contribution in [2.45, 2.75) is 17.5 Å². The smallest absolute Gasteiger partial charge is 0.338 e. The van der Waals surface area contributed by atoms with Crippen LogP contribution in [0.1, 0.15) is 21.5 Å². The number of aromatic nitrogens is 2. The first-order valence-corrected chi connectivity index (χ1v) is 10.0. The van der Waals surface area contributed by atoms with Crippen molar-refractivity contribution >= 4 is 28.5 Å². The summed E-state index contributed by atoms with van der Waals surface area (Å²) in [5.74, 6) is 0.341. The van der Waals surface area contributed by atoms with Crippen LogP contribution in [0.25, 0.3) is 10.8 Å². The van der Waals surface area contributed by atoms with Gasteiger partial charge < -0.3 is 9.30 Å². The van der Waals surface area contributed by atoms with Crippen LogP contribution in [0.15, 0.2) is 84.3 Å². The molecule has 3 aromatic carbocycles. The van der Waals surface area contributed by atoms with Crippen molar-refractivity contribution in [1.29, 1.82) is 0 Å². The number of ether oxygens (including phenoxy) is 1. The van der Waals surface area contributed by atoms with Crippen molar-refractivity contribution < 1.29 is 9.53 Å². The summed E-state index contributed by atoms with van der Waals surface area (Å²) in [6, 6.07) is 22.3. The zero-order valence-corrected chi connectivity index (χ0v) is 16.4. The number of benzene rings is 3. The van der Waals surface area contributed by atoms with Crippen LogP contribution in [0.4, 0.5) is 0 Å². The fourth-order valence-electron chi connectivity index (χ4n) is 3.27. The number of methoxy groups -OCH3 is 1. The Labute approximate surface area is 168 Å². The maximum absolute atomic E-state index is 12.0. The van der Waals surface area contributed by atoms with E-state index in [0.717, 1.165) is 17.3 Å². The molecule has 0 aliphatic heterocycles. The van der Waals surface area contributed by atoms with E-state index in [2.05, 4.69) is 52.0 Å². The number of imidazole rings is 1. The number of hydrogen-bond donors (Lipinski definition) is 0. The van der Waals surface area contributed by atoms with E-state index in [1.54, 1.807) is 17.8 Å². The van der Waals surface area contributed by atoms with E-state index < -0.39 is 0 Å². The minimum atomic E-state index is -0.310. The largest absolute Gasteiger partial charge is 0.465 e. The summed E-state index contributed by atoms with van der Waals surface area (Å²) in [6.07, 6.45) is 3.82. The molecule has 0 atom stereocenters. The Kier molecular flexibility index (Phi) is 5.44. The quantitative estimate of drug-likeness (QED) is 0.338. The first kappa shape index (κ1) is 18.3. The van der Waals surface area contributed by atoms with E-state index in [-0.39, 0.29) is 5.97 Å². The highest BCUT2D eigenvalue weighted by Gasteiger charge is 2.13. The molecule has 0 radical (unpaired) electrons. The number of esters is 1. The predicted molar refractivity (Wildman–Crippen MR) is 113 cm³/mol. The molecule has 0 saturated heterocycles. The molecule has 0 saturated carbocycles. The topological polar surface area (TPSA) is 44.1 Å². The molecule has 0 unspecified atom stereocenters. The van der Waals surface area contributed by atoms with Gasteiger partial charge in [0.15, 0.2) is 5.16 Å². The highest BCUT2D eigenvalue weighted by molar-refractivity contribution is 7.98. The number of carbonyl (C=O) groups excluding carboxylic acids is 1. The lowest BCUT2D eigenvalue weighted by atomic mass is 10.0. The molecule has 0 N–H and O–H groups in total. The maximum atomic E-state index is 12.0. The van der Waals surface area contributed by atoms with Crippen LogP contribution in [0.2, 0.25) is 0 Å². The molecule has 0 aliphatic carbocycles. The Balaban J connectivity index is 1.55. The fourth-order valence-corrected chi connectivity index (χ4v) is 4.23. The minimum absolute atomic E-state index is 0.310. The summed E-state index contributed by atoms with van der Waals surface area (Å²) in [5, 5.41) is 3.42. The van der Waals surface area contributed by atoms with Gasteiger partial charge in [0.25, 0.3) is 0 Å². The Bertz CT molecular complexity index is 1120. The van der Waals surface area contributed by atoms with Crippen molar-refractivity contribution in [3.63, 3.8) is 0 Å². The van der Waals surface area contributed by atoms with Crippen molar-refractivity contribution in [2.75, 3.05) is 7.11 Å². The lowest BCUT2D eigenvalue weighted by Crippen LogP contribution is -2.05. The number of fused-ring (bicyclic) bond motifs is 1. The summed E-state index contributed by atoms with van der Waals surface area (Å²) >= 11 is 1.62. The van der Waals surface area contributed by atoms with E-state index >= 15 is 0 Å². The van der Waals surface area contributed by atoms with Gasteiger partial charge in [-0.1, -0.05) is 72.4 Å². The second-order valence-electron chi connectivity index (χ2n) is 6.41. The van der Waals surface area contributed by atoms with Crippen LogP contribution in [0, 0.1) is 0 Å². The molecule has 28 heavy (non-hydrogen) atoms. The summed E-state index contributed by atoms with van der Waals surface area (Å²) in [7, 11) is 1.41. The average molecular weight is 388 g/mol. The lowest BCUT2D eigenvalue weighted by molar-refractivity contribution is 0.0600. The van der Waals surface area contributed by atoms with Gasteiger partial charge in [-0.25, -0.2) is 9.78 Å². The van der Waals surface area contributed by atoms with Crippen molar-refractivity contribution in [2.24, 2.45) is 0 Å². The number of rotatable bonds is 6. The molecule has 0 amide bonds. The molecule has 0 spiro atoms. The van der Waals surface area contributed by atoms with Crippen LogP contribution in [0.5, 0.6) is 0 Å². The summed E-state index contributed by atoms with van der Waals surface area (Å²) in [6.45, 7) is 0.752. The van der Waals surface area contributed by atoms with Gasteiger partial charge in [0, 0.05) is 18.1 Å². The van der Waals surface area contributed by atoms with Gasteiger partial charge in [-0.05, 0) is 28.0 Å². The predicted octanol–water partition coefficient (Wildman–Crippen LogP) is 5.16. The first-order chi connectivity index (χ1) is 13.8. The lowest BCUT2D eigenvalue weighted by Gasteiger charge is -2.11. The third kappa shape index (κ3) is 3.80. The molecule has 1 heterocycles. The number of hydrogen-bond acceptors (Lipinski definition) is 4. The van der Waals surface area contributed by atoms with Gasteiger partial charge in [0.05, 0.1) is 19.2 Å². The van der Waals surface area contributed by atoms with E-state index in [1.165, 1.54) is 23.4 Å². The fraction of sp³-hybridized carbons (Fsp3) is 0.130. The number of thioether (sulfide) groups is 1. The molecule has 4 nitrogen and oxygen atoms in total. The highest BCUT2D eigenvalue weighted by atomic mass is 32.2. The van der Waals surface area contributed by atoms with Crippen LogP contribution >= 0.6 is 11.8 Å². The molecule has 0 fully saturated rings. The minimum Gasteiger partial charge on any atom is -0.465 e. The van der Waals surface area contributed by atoms with E-state index in [1.807, 2.05) is 30.6 Å². The maximum Gasteiger partial charge on any atom is 0.338 e. The van der Waals surface area contributed by atoms with Crippen LogP contribution in [-0.2, 0) is 17.0 Å². The van der Waals surface area contributed by atoms with Gasteiger partial charge in [0.2, 0.25) is 0 Å². The molecule has 0 aliphatic rings. The third-order valence-corrected chi connectivity index (χ3v) is 5.73. The Morgan fingerprint density at radius 3 is 2.64 bits per heavy atom. The van der Waals surface area contributed by atoms with Gasteiger partial charge in [0.1, 0.15) is 0 Å². The molecular weight excluding hydrogens is 368 g/mol. The molecular formula is C23H20N2O2S. The zero-order chi connectivity index (χ0) is 19.3. The van der Waals surface area contributed by atoms with Gasteiger partial charge in [-0.2, -0.15) is 0 Å². The average Bonchev–Trinajstić information content (AvgIpc) is 3.19. The molecule has 5 heteroatoms. The van der Waals surface area contributed by atoms with Crippen LogP contribution in [0.3, 0.4) is 0 Å². The monoisotopic (exact) mass is 388 g/mol. The van der Waals surface area contributed by atoms with E-state index in [0.29, 0.717) is 11.3 Å². The standard InChI is InChI=1S/C23H20N2O2S/c1-27-22(26)21-12-5-3-8-19(21)16-28-23-24-13-14-25(23)15-18-10-6-9-17-7-2-4-11-20(17)18/h2-14H,15-16H2,1H3. The normalized spacial score (nSPS) is 10.9. The Hall–Kier alpha value is -3.05. The van der Waals surface area contributed by atoms with Crippen molar-refractivity contribution in [3.05, 3.63) is 95.8 Å². The summed E-state index contributed by atoms with van der Waals surface area (Å²) in [4.78, 5) is 16.5. The summed E-state index contributed by atoms with van der Waals surface area (Å²) < 4.78 is 7.03. The highest BCUT2D eigenvalue weighted by Crippen LogP contribution is 2.26. The van der Waals surface area contributed by atoms with Gasteiger partial charge in [-0.15, -0.1) is 0 Å². The Morgan fingerprint density at radius 1 is 1.00 bits per heavy atom. The van der Waals surface area contributed by atoms with E-state index in [4.69, 9.17) is 4.74 Å². The molecule has 4 rings (SSSR count). The van der Waals surface area contributed by atoms with Crippen molar-refractivity contribution in [1.82, 2.24) is 9.55 Å². The third-order valence-electron chi connectivity index (χ3n) is 4.68. The van der Waals surface area contributed by atoms with Crippen molar-refractivity contribution in [3.8, 4) is 0 Å². The molecule has 1 aromatic heterocycles. The summed E-state index contributed by atoms with van der Waals surface area (Å²) in [5.41, 5.74) is 2.80. The first-order valence-electron chi connectivity index (χ1n) is 9.03.